The van der Waals surface area contributed by atoms with Crippen molar-refractivity contribution < 1.29 is 14.7 Å². The molecule has 0 fully saturated rings. The molecule has 0 rings (SSSR count). The summed E-state index contributed by atoms with van der Waals surface area (Å²) in [6.07, 6.45) is 2.94. The fourth-order valence-electron chi connectivity index (χ4n) is 1.19. The van der Waals surface area contributed by atoms with Crippen LogP contribution in [0.5, 0.6) is 0 Å². The number of carbonyl (C=O) groups is 2. The van der Waals surface area contributed by atoms with Crippen molar-refractivity contribution in [2.45, 2.75) is 32.7 Å². The first-order valence-electron chi connectivity index (χ1n) is 5.41. The lowest BCUT2D eigenvalue weighted by atomic mass is 10.0. The average Bonchev–Trinajstić information content (AvgIpc) is 2.23. The Kier molecular flexibility index (Phi) is 7.00. The molecule has 0 aromatic heterocycles. The minimum atomic E-state index is -0.876. The third-order valence-electron chi connectivity index (χ3n) is 2.21. The fraction of sp³-hybridized carbons (Fsp3) is 0.636. The number of hydrogen-bond acceptors (Lipinski definition) is 2. The minimum absolute atomic E-state index is 0.130. The van der Waals surface area contributed by atoms with E-state index in [-0.39, 0.29) is 18.6 Å². The number of aliphatic carboxylic acids is 1. The molecule has 0 saturated carbocycles. The summed E-state index contributed by atoms with van der Waals surface area (Å²) in [5, 5.41) is 14.0. The highest BCUT2D eigenvalue weighted by Gasteiger charge is 2.17. The molecule has 5 heteroatoms. The van der Waals surface area contributed by atoms with Crippen LogP contribution in [0.1, 0.15) is 26.7 Å². The molecule has 0 aliphatic carbocycles. The molecule has 92 valence electrons. The number of carboxylic acid groups (broad SMARTS) is 1. The van der Waals surface area contributed by atoms with Crippen LogP contribution in [0.4, 0.5) is 4.79 Å². The molecule has 0 heterocycles. The van der Waals surface area contributed by atoms with Crippen LogP contribution in [-0.4, -0.2) is 29.7 Å². The van der Waals surface area contributed by atoms with E-state index in [9.17, 15) is 9.59 Å². The highest BCUT2D eigenvalue weighted by molar-refractivity contribution is 5.76. The molecule has 5 nitrogen and oxygen atoms in total. The standard InChI is InChI=1S/C11H20N2O3/c1-4-6-9(10(14)15)7-12-11(16)13-8(3)5-2/h5,8-9H,2,4,6-7H2,1,3H3,(H,14,15)(H2,12,13,16). The molecular formula is C11H20N2O3. The average molecular weight is 228 g/mol. The number of carboxylic acids is 1. The molecule has 0 aromatic carbocycles. The van der Waals surface area contributed by atoms with Crippen LogP contribution in [-0.2, 0) is 4.79 Å². The van der Waals surface area contributed by atoms with Crippen LogP contribution in [0.2, 0.25) is 0 Å². The summed E-state index contributed by atoms with van der Waals surface area (Å²) >= 11 is 0. The number of nitrogens with one attached hydrogen (secondary N) is 2. The lowest BCUT2D eigenvalue weighted by molar-refractivity contribution is -0.141. The lowest BCUT2D eigenvalue weighted by Gasteiger charge is -2.14. The van der Waals surface area contributed by atoms with Crippen molar-refractivity contribution >= 4 is 12.0 Å². The van der Waals surface area contributed by atoms with Gasteiger partial charge in [-0.2, -0.15) is 0 Å². The normalized spacial score (nSPS) is 13.6. The van der Waals surface area contributed by atoms with Crippen LogP contribution in [0.25, 0.3) is 0 Å². The van der Waals surface area contributed by atoms with Crippen LogP contribution < -0.4 is 10.6 Å². The first kappa shape index (κ1) is 14.5. The van der Waals surface area contributed by atoms with Crippen molar-refractivity contribution in [3.05, 3.63) is 12.7 Å². The summed E-state index contributed by atoms with van der Waals surface area (Å²) in [6.45, 7) is 7.38. The fourth-order valence-corrected chi connectivity index (χ4v) is 1.19. The maximum atomic E-state index is 11.3. The van der Waals surface area contributed by atoms with Crippen LogP contribution in [0, 0.1) is 5.92 Å². The second-order valence-corrected chi connectivity index (χ2v) is 3.70. The molecule has 2 atom stereocenters. The summed E-state index contributed by atoms with van der Waals surface area (Å²) in [5.74, 6) is -1.39. The van der Waals surface area contributed by atoms with Gasteiger partial charge in [-0.05, 0) is 13.3 Å². The minimum Gasteiger partial charge on any atom is -0.481 e. The quantitative estimate of drug-likeness (QED) is 0.576. The van der Waals surface area contributed by atoms with Gasteiger partial charge < -0.3 is 15.7 Å². The predicted octanol–water partition coefficient (Wildman–Crippen LogP) is 1.36. The van der Waals surface area contributed by atoms with E-state index in [1.165, 1.54) is 0 Å². The van der Waals surface area contributed by atoms with Gasteiger partial charge in [0.1, 0.15) is 0 Å². The van der Waals surface area contributed by atoms with Gasteiger partial charge >= 0.3 is 12.0 Å². The number of hydrogen-bond donors (Lipinski definition) is 3. The van der Waals surface area contributed by atoms with Crippen LogP contribution >= 0.6 is 0 Å². The molecule has 0 aromatic rings. The maximum Gasteiger partial charge on any atom is 0.315 e. The van der Waals surface area contributed by atoms with Crippen molar-refractivity contribution in [1.29, 1.82) is 0 Å². The van der Waals surface area contributed by atoms with E-state index in [1.54, 1.807) is 13.0 Å². The van der Waals surface area contributed by atoms with Gasteiger partial charge in [-0.25, -0.2) is 4.79 Å². The number of urea groups is 1. The molecule has 0 spiro atoms. The smallest absolute Gasteiger partial charge is 0.315 e. The highest BCUT2D eigenvalue weighted by Crippen LogP contribution is 2.04. The van der Waals surface area contributed by atoms with E-state index >= 15 is 0 Å². The van der Waals surface area contributed by atoms with E-state index in [4.69, 9.17) is 5.11 Å². The second kappa shape index (κ2) is 7.73. The molecular weight excluding hydrogens is 208 g/mol. The summed E-state index contributed by atoms with van der Waals surface area (Å²) in [6, 6.07) is -0.496. The van der Waals surface area contributed by atoms with Gasteiger partial charge in [-0.15, -0.1) is 6.58 Å². The Morgan fingerprint density at radius 2 is 2.12 bits per heavy atom. The molecule has 0 saturated heterocycles. The zero-order chi connectivity index (χ0) is 12.6. The third-order valence-corrected chi connectivity index (χ3v) is 2.21. The second-order valence-electron chi connectivity index (χ2n) is 3.70. The van der Waals surface area contributed by atoms with Crippen molar-refractivity contribution in [2.24, 2.45) is 5.92 Å². The van der Waals surface area contributed by atoms with Crippen molar-refractivity contribution in [3.8, 4) is 0 Å². The highest BCUT2D eigenvalue weighted by atomic mass is 16.4. The Bertz CT molecular complexity index is 254. The molecule has 0 aliphatic rings. The molecule has 0 aliphatic heterocycles. The molecule has 2 amide bonds. The summed E-state index contributed by atoms with van der Waals surface area (Å²) in [4.78, 5) is 22.1. The summed E-state index contributed by atoms with van der Waals surface area (Å²) < 4.78 is 0. The molecule has 0 bridgehead atoms. The Morgan fingerprint density at radius 3 is 2.56 bits per heavy atom. The lowest BCUT2D eigenvalue weighted by Crippen LogP contribution is -2.42. The monoisotopic (exact) mass is 228 g/mol. The first-order chi connectivity index (χ1) is 7.51. The molecule has 16 heavy (non-hydrogen) atoms. The largest absolute Gasteiger partial charge is 0.481 e. The van der Waals surface area contributed by atoms with E-state index in [2.05, 4.69) is 17.2 Å². The van der Waals surface area contributed by atoms with Crippen LogP contribution in [0.3, 0.4) is 0 Å². The number of amides is 2. The number of rotatable bonds is 7. The van der Waals surface area contributed by atoms with Crippen molar-refractivity contribution in [3.63, 3.8) is 0 Å². The predicted molar refractivity (Wildman–Crippen MR) is 62.2 cm³/mol. The first-order valence-corrected chi connectivity index (χ1v) is 5.41. The third kappa shape index (κ3) is 6.06. The van der Waals surface area contributed by atoms with Gasteiger partial charge in [-0.3, -0.25) is 4.79 Å². The van der Waals surface area contributed by atoms with Gasteiger partial charge in [0.25, 0.3) is 0 Å². The van der Waals surface area contributed by atoms with Crippen molar-refractivity contribution in [1.82, 2.24) is 10.6 Å². The summed E-state index contributed by atoms with van der Waals surface area (Å²) in [5.41, 5.74) is 0. The van der Waals surface area contributed by atoms with Crippen molar-refractivity contribution in [2.75, 3.05) is 6.54 Å². The van der Waals surface area contributed by atoms with E-state index in [0.717, 1.165) is 6.42 Å². The molecule has 3 N–H and O–H groups in total. The topological polar surface area (TPSA) is 78.4 Å². The molecule has 2 unspecified atom stereocenters. The van der Waals surface area contributed by atoms with E-state index in [1.807, 2.05) is 6.92 Å². The number of carbonyl (C=O) groups excluding carboxylic acids is 1. The van der Waals surface area contributed by atoms with Crippen LogP contribution in [0.15, 0.2) is 12.7 Å². The Morgan fingerprint density at radius 1 is 1.50 bits per heavy atom. The van der Waals surface area contributed by atoms with E-state index in [0.29, 0.717) is 6.42 Å². The van der Waals surface area contributed by atoms with Gasteiger partial charge in [0, 0.05) is 12.6 Å². The zero-order valence-electron chi connectivity index (χ0n) is 9.82. The molecule has 0 radical (unpaired) electrons. The maximum absolute atomic E-state index is 11.3. The summed E-state index contributed by atoms with van der Waals surface area (Å²) in [7, 11) is 0. The Balaban J connectivity index is 3.96. The van der Waals surface area contributed by atoms with Gasteiger partial charge in [0.2, 0.25) is 0 Å². The van der Waals surface area contributed by atoms with E-state index < -0.39 is 11.9 Å². The van der Waals surface area contributed by atoms with Gasteiger partial charge in [0.15, 0.2) is 0 Å². The van der Waals surface area contributed by atoms with Gasteiger partial charge in [-0.1, -0.05) is 19.4 Å². The Labute approximate surface area is 95.9 Å². The SMILES string of the molecule is C=CC(C)NC(=O)NCC(CCC)C(=O)O. The zero-order valence-corrected chi connectivity index (χ0v) is 9.82. The van der Waals surface area contributed by atoms with Gasteiger partial charge in [0.05, 0.1) is 5.92 Å². The Hall–Kier alpha value is -1.52.